The first-order valence-electron chi connectivity index (χ1n) is 11.4. The number of hydrogen-bond acceptors (Lipinski definition) is 6. The van der Waals surface area contributed by atoms with Crippen LogP contribution >= 0.6 is 0 Å². The standard InChI is InChI=1S/C25H32N2O6S/c1-18(2)14-16-33-22-10-6-19(7-11-22)24(28)26-21-8-12-23(13-9-21)34(30,31)27-15-4-5-20(17-27)25(29)32-3/h6-13,18,20H,4-5,14-17H2,1-3H3,(H,26,28). The molecule has 0 spiro atoms. The number of sulfonamides is 1. The third kappa shape index (κ3) is 6.57. The van der Waals surface area contributed by atoms with E-state index in [1.165, 1.54) is 23.5 Å². The minimum atomic E-state index is -3.75. The summed E-state index contributed by atoms with van der Waals surface area (Å²) in [4.78, 5) is 24.5. The van der Waals surface area contributed by atoms with Crippen LogP contribution in [-0.2, 0) is 19.6 Å². The van der Waals surface area contributed by atoms with Gasteiger partial charge in [-0.25, -0.2) is 8.42 Å². The number of amides is 1. The monoisotopic (exact) mass is 488 g/mol. The summed E-state index contributed by atoms with van der Waals surface area (Å²) < 4.78 is 37.8. The van der Waals surface area contributed by atoms with Gasteiger partial charge in [0.05, 0.1) is 24.5 Å². The number of methoxy groups -OCH3 is 1. The highest BCUT2D eigenvalue weighted by Gasteiger charge is 2.33. The predicted molar refractivity (Wildman–Crippen MR) is 129 cm³/mol. The molecule has 1 saturated heterocycles. The topological polar surface area (TPSA) is 102 Å². The van der Waals surface area contributed by atoms with Gasteiger partial charge in [0.2, 0.25) is 10.0 Å². The second-order valence-electron chi connectivity index (χ2n) is 8.76. The predicted octanol–water partition coefficient (Wildman–Crippen LogP) is 3.94. The van der Waals surface area contributed by atoms with E-state index in [1.54, 1.807) is 36.4 Å². The second-order valence-corrected chi connectivity index (χ2v) is 10.7. The third-order valence-corrected chi connectivity index (χ3v) is 7.63. The van der Waals surface area contributed by atoms with Crippen molar-refractivity contribution in [2.75, 3.05) is 32.1 Å². The van der Waals surface area contributed by atoms with E-state index in [9.17, 15) is 18.0 Å². The van der Waals surface area contributed by atoms with E-state index in [-0.39, 0.29) is 17.3 Å². The highest BCUT2D eigenvalue weighted by atomic mass is 32.2. The van der Waals surface area contributed by atoms with Crippen LogP contribution in [-0.4, -0.2) is 51.4 Å². The fourth-order valence-electron chi connectivity index (χ4n) is 3.70. The normalized spacial score (nSPS) is 16.8. The van der Waals surface area contributed by atoms with E-state index >= 15 is 0 Å². The molecule has 0 radical (unpaired) electrons. The number of benzene rings is 2. The number of ether oxygens (including phenoxy) is 2. The van der Waals surface area contributed by atoms with Crippen LogP contribution in [0.3, 0.4) is 0 Å². The Morgan fingerprint density at radius 3 is 2.38 bits per heavy atom. The zero-order valence-electron chi connectivity index (χ0n) is 19.8. The number of anilines is 1. The summed E-state index contributed by atoms with van der Waals surface area (Å²) in [5.41, 5.74) is 0.947. The van der Waals surface area contributed by atoms with Gasteiger partial charge in [-0.3, -0.25) is 9.59 Å². The first kappa shape index (κ1) is 25.7. The Bertz CT molecular complexity index is 1080. The number of nitrogens with zero attached hydrogens (tertiary/aromatic N) is 1. The zero-order chi connectivity index (χ0) is 24.7. The van der Waals surface area contributed by atoms with Gasteiger partial charge < -0.3 is 14.8 Å². The lowest BCUT2D eigenvalue weighted by molar-refractivity contribution is -0.146. The van der Waals surface area contributed by atoms with Crippen molar-refractivity contribution in [3.05, 3.63) is 54.1 Å². The molecular weight excluding hydrogens is 456 g/mol. The molecule has 2 aromatic carbocycles. The van der Waals surface area contributed by atoms with Crippen LogP contribution in [0.2, 0.25) is 0 Å². The minimum absolute atomic E-state index is 0.102. The smallest absolute Gasteiger partial charge is 0.309 e. The van der Waals surface area contributed by atoms with Crippen molar-refractivity contribution >= 4 is 27.6 Å². The molecule has 1 atom stereocenters. The number of esters is 1. The first-order valence-corrected chi connectivity index (χ1v) is 12.9. The number of carbonyl (C=O) groups excluding carboxylic acids is 2. The van der Waals surface area contributed by atoms with E-state index in [2.05, 4.69) is 19.2 Å². The molecule has 9 heteroatoms. The zero-order valence-corrected chi connectivity index (χ0v) is 20.6. The van der Waals surface area contributed by atoms with Gasteiger partial charge in [0.25, 0.3) is 5.91 Å². The van der Waals surface area contributed by atoms with Crippen LogP contribution in [0.25, 0.3) is 0 Å². The molecule has 34 heavy (non-hydrogen) atoms. The van der Waals surface area contributed by atoms with Gasteiger partial charge in [-0.15, -0.1) is 0 Å². The number of nitrogens with one attached hydrogen (secondary N) is 1. The molecule has 1 aliphatic rings. The van der Waals surface area contributed by atoms with Crippen molar-refractivity contribution < 1.29 is 27.5 Å². The molecule has 0 bridgehead atoms. The summed E-state index contributed by atoms with van der Waals surface area (Å²) >= 11 is 0. The van der Waals surface area contributed by atoms with Gasteiger partial charge >= 0.3 is 5.97 Å². The summed E-state index contributed by atoms with van der Waals surface area (Å²) in [5.74, 6) is 0.107. The first-order chi connectivity index (χ1) is 16.2. The summed E-state index contributed by atoms with van der Waals surface area (Å²) in [5, 5.41) is 2.77. The Labute approximate surface area is 201 Å². The molecule has 2 aromatic rings. The van der Waals surface area contributed by atoms with Crippen LogP contribution in [0.1, 0.15) is 43.5 Å². The molecule has 0 aromatic heterocycles. The second kappa shape index (κ2) is 11.5. The Kier molecular flexibility index (Phi) is 8.68. The minimum Gasteiger partial charge on any atom is -0.494 e. The lowest BCUT2D eigenvalue weighted by atomic mass is 10.0. The summed E-state index contributed by atoms with van der Waals surface area (Å²) in [6, 6.07) is 12.9. The van der Waals surface area contributed by atoms with Crippen LogP contribution in [0.5, 0.6) is 5.75 Å². The third-order valence-electron chi connectivity index (χ3n) is 5.75. The van der Waals surface area contributed by atoms with Crippen LogP contribution < -0.4 is 10.1 Å². The van der Waals surface area contributed by atoms with Crippen molar-refractivity contribution in [3.63, 3.8) is 0 Å². The molecule has 0 aliphatic carbocycles. The SMILES string of the molecule is COC(=O)C1CCCN(S(=O)(=O)c2ccc(NC(=O)c3ccc(OCCC(C)C)cc3)cc2)C1. The maximum Gasteiger partial charge on any atom is 0.309 e. The molecule has 184 valence electrons. The Hall–Kier alpha value is -2.91. The Morgan fingerprint density at radius 2 is 1.76 bits per heavy atom. The average molecular weight is 489 g/mol. The molecule has 1 N–H and O–H groups in total. The van der Waals surface area contributed by atoms with E-state index in [1.807, 2.05) is 0 Å². The fourth-order valence-corrected chi connectivity index (χ4v) is 5.22. The van der Waals surface area contributed by atoms with Gasteiger partial charge in [-0.05, 0) is 73.7 Å². The molecule has 1 amide bonds. The highest BCUT2D eigenvalue weighted by Crippen LogP contribution is 2.25. The molecule has 1 unspecified atom stereocenters. The van der Waals surface area contributed by atoms with E-state index in [0.29, 0.717) is 48.9 Å². The lowest BCUT2D eigenvalue weighted by Gasteiger charge is -2.30. The molecule has 1 fully saturated rings. The quantitative estimate of drug-likeness (QED) is 0.537. The van der Waals surface area contributed by atoms with Crippen molar-refractivity contribution in [1.29, 1.82) is 0 Å². The van der Waals surface area contributed by atoms with Gasteiger partial charge in [0, 0.05) is 24.3 Å². The molecule has 3 rings (SSSR count). The molecule has 8 nitrogen and oxygen atoms in total. The van der Waals surface area contributed by atoms with E-state index in [0.717, 1.165) is 6.42 Å². The van der Waals surface area contributed by atoms with Crippen LogP contribution in [0.15, 0.2) is 53.4 Å². The largest absolute Gasteiger partial charge is 0.494 e. The summed E-state index contributed by atoms with van der Waals surface area (Å²) in [6.07, 6.45) is 2.15. The molecular formula is C25H32N2O6S. The number of rotatable bonds is 9. The van der Waals surface area contributed by atoms with Crippen LogP contribution in [0.4, 0.5) is 5.69 Å². The molecule has 0 saturated carbocycles. The average Bonchev–Trinajstić information content (AvgIpc) is 2.84. The van der Waals surface area contributed by atoms with Crippen LogP contribution in [0, 0.1) is 11.8 Å². The van der Waals surface area contributed by atoms with Gasteiger partial charge in [-0.2, -0.15) is 4.31 Å². The Balaban J connectivity index is 1.60. The van der Waals surface area contributed by atoms with Gasteiger partial charge in [-0.1, -0.05) is 13.8 Å². The summed E-state index contributed by atoms with van der Waals surface area (Å²) in [6.45, 7) is 5.34. The number of hydrogen-bond donors (Lipinski definition) is 1. The highest BCUT2D eigenvalue weighted by molar-refractivity contribution is 7.89. The molecule has 1 aliphatic heterocycles. The van der Waals surface area contributed by atoms with E-state index in [4.69, 9.17) is 9.47 Å². The van der Waals surface area contributed by atoms with Gasteiger partial charge in [0.1, 0.15) is 5.75 Å². The van der Waals surface area contributed by atoms with E-state index < -0.39 is 21.9 Å². The summed E-state index contributed by atoms with van der Waals surface area (Å²) in [7, 11) is -2.45. The van der Waals surface area contributed by atoms with Crippen molar-refractivity contribution in [3.8, 4) is 5.75 Å². The van der Waals surface area contributed by atoms with Gasteiger partial charge in [0.15, 0.2) is 0 Å². The van der Waals surface area contributed by atoms with Crippen molar-refractivity contribution in [2.24, 2.45) is 11.8 Å². The Morgan fingerprint density at radius 1 is 1.09 bits per heavy atom. The lowest BCUT2D eigenvalue weighted by Crippen LogP contribution is -2.42. The fraction of sp³-hybridized carbons (Fsp3) is 0.440. The number of carbonyl (C=O) groups is 2. The maximum absolute atomic E-state index is 13.0. The molecule has 1 heterocycles. The maximum atomic E-state index is 13.0. The van der Waals surface area contributed by atoms with Crippen molar-refractivity contribution in [1.82, 2.24) is 4.31 Å². The number of piperidine rings is 1. The van der Waals surface area contributed by atoms with Crippen molar-refractivity contribution in [2.45, 2.75) is 38.0 Å².